The van der Waals surface area contributed by atoms with Crippen LogP contribution in [0.15, 0.2) is 41.2 Å². The number of methoxy groups -OCH3 is 2. The lowest BCUT2D eigenvalue weighted by atomic mass is 10.1. The lowest BCUT2D eigenvalue weighted by molar-refractivity contribution is 0.405. The number of ether oxygens (including phenoxy) is 2. The van der Waals surface area contributed by atoms with Crippen LogP contribution in [-0.4, -0.2) is 29.4 Å². The number of benzene rings is 2. The van der Waals surface area contributed by atoms with Crippen LogP contribution in [0.1, 0.15) is 11.3 Å². The van der Waals surface area contributed by atoms with Gasteiger partial charge in [0.15, 0.2) is 0 Å². The maximum Gasteiger partial charge on any atom is 0.274 e. The first kappa shape index (κ1) is 18.7. The van der Waals surface area contributed by atoms with Crippen molar-refractivity contribution in [3.63, 3.8) is 0 Å². The monoisotopic (exact) mass is 390 g/mol. The van der Waals surface area contributed by atoms with Crippen molar-refractivity contribution in [2.45, 2.75) is 6.42 Å². The van der Waals surface area contributed by atoms with Crippen LogP contribution in [0.2, 0.25) is 5.02 Å². The van der Waals surface area contributed by atoms with Gasteiger partial charge in [0, 0.05) is 18.6 Å². The Bertz CT molecular complexity index is 1010. The molecule has 0 amide bonds. The molecule has 0 fully saturated rings. The van der Waals surface area contributed by atoms with Crippen LogP contribution >= 0.6 is 11.6 Å². The molecule has 0 aliphatic carbocycles. The summed E-state index contributed by atoms with van der Waals surface area (Å²) < 4.78 is 23.4. The Labute approximate surface area is 159 Å². The van der Waals surface area contributed by atoms with Crippen molar-refractivity contribution in [3.8, 4) is 11.5 Å². The third-order valence-electron chi connectivity index (χ3n) is 3.78. The van der Waals surface area contributed by atoms with Gasteiger partial charge in [-0.15, -0.1) is 10.2 Å². The zero-order valence-electron chi connectivity index (χ0n) is 14.5. The number of anilines is 2. The van der Waals surface area contributed by atoms with Crippen LogP contribution in [0, 0.1) is 5.82 Å². The van der Waals surface area contributed by atoms with Gasteiger partial charge in [-0.3, -0.25) is 9.78 Å². The van der Waals surface area contributed by atoms with Crippen molar-refractivity contribution < 1.29 is 13.9 Å². The molecule has 140 valence electrons. The molecule has 2 aromatic carbocycles. The second kappa shape index (κ2) is 8.05. The van der Waals surface area contributed by atoms with Gasteiger partial charge < -0.3 is 14.8 Å². The van der Waals surface area contributed by atoms with E-state index in [1.165, 1.54) is 26.4 Å². The number of rotatable bonds is 6. The molecule has 0 saturated heterocycles. The molecule has 0 aliphatic rings. The Balaban J connectivity index is 1.84. The van der Waals surface area contributed by atoms with Gasteiger partial charge in [0.05, 0.1) is 24.9 Å². The Kier molecular flexibility index (Phi) is 5.56. The summed E-state index contributed by atoms with van der Waals surface area (Å²) in [4.78, 5) is 14.9. The van der Waals surface area contributed by atoms with E-state index in [2.05, 4.69) is 20.5 Å². The summed E-state index contributed by atoms with van der Waals surface area (Å²) in [5, 5.41) is 11.2. The highest BCUT2D eigenvalue weighted by atomic mass is 35.5. The summed E-state index contributed by atoms with van der Waals surface area (Å²) >= 11 is 6.07. The van der Waals surface area contributed by atoms with Gasteiger partial charge >= 0.3 is 0 Å². The van der Waals surface area contributed by atoms with Crippen molar-refractivity contribution >= 4 is 23.2 Å². The van der Waals surface area contributed by atoms with Crippen molar-refractivity contribution in [2.75, 3.05) is 19.5 Å². The van der Waals surface area contributed by atoms with Gasteiger partial charge in [0.1, 0.15) is 23.0 Å². The van der Waals surface area contributed by atoms with E-state index in [-0.39, 0.29) is 23.9 Å². The fraction of sp³-hybridized carbons (Fsp3) is 0.167. The summed E-state index contributed by atoms with van der Waals surface area (Å²) in [6.07, 6.45) is 0.237. The molecule has 0 unspecified atom stereocenters. The molecule has 7 nitrogen and oxygen atoms in total. The minimum Gasteiger partial charge on any atom is -0.495 e. The van der Waals surface area contributed by atoms with Gasteiger partial charge in [-0.05, 0) is 17.7 Å². The van der Waals surface area contributed by atoms with Gasteiger partial charge in [0.2, 0.25) is 5.95 Å². The third kappa shape index (κ3) is 4.35. The second-order valence-corrected chi connectivity index (χ2v) is 5.97. The van der Waals surface area contributed by atoms with Crippen LogP contribution < -0.4 is 20.3 Å². The van der Waals surface area contributed by atoms with Crippen LogP contribution in [-0.2, 0) is 6.42 Å². The Morgan fingerprint density at radius 2 is 1.81 bits per heavy atom. The van der Waals surface area contributed by atoms with Crippen molar-refractivity contribution in [1.82, 2.24) is 15.2 Å². The van der Waals surface area contributed by atoms with Gasteiger partial charge in [0.25, 0.3) is 5.56 Å². The first-order valence-corrected chi connectivity index (χ1v) is 8.27. The number of H-pyrrole nitrogens is 1. The number of nitrogens with one attached hydrogen (secondary N) is 2. The Morgan fingerprint density at radius 1 is 1.11 bits per heavy atom. The summed E-state index contributed by atoms with van der Waals surface area (Å²) in [6.45, 7) is 0. The normalized spacial score (nSPS) is 10.5. The number of hydrogen-bond acceptors (Lipinski definition) is 6. The quantitative estimate of drug-likeness (QED) is 0.671. The van der Waals surface area contributed by atoms with Crippen LogP contribution in [0.4, 0.5) is 16.0 Å². The fourth-order valence-corrected chi connectivity index (χ4v) is 2.64. The minimum absolute atomic E-state index is 0.130. The zero-order chi connectivity index (χ0) is 19.4. The molecule has 3 rings (SSSR count). The van der Waals surface area contributed by atoms with Crippen molar-refractivity contribution in [1.29, 1.82) is 0 Å². The first-order valence-electron chi connectivity index (χ1n) is 7.89. The largest absolute Gasteiger partial charge is 0.495 e. The lowest BCUT2D eigenvalue weighted by Gasteiger charge is -2.13. The SMILES string of the molecule is COc1cc(Nc2nnc(Cc3ccc(F)cc3)c(=O)[nH]2)c(OC)cc1Cl. The molecule has 3 aromatic rings. The van der Waals surface area contributed by atoms with E-state index in [0.29, 0.717) is 22.2 Å². The van der Waals surface area contributed by atoms with E-state index in [4.69, 9.17) is 21.1 Å². The Hall–Kier alpha value is -3.13. The molecular weight excluding hydrogens is 375 g/mol. The molecule has 1 heterocycles. The molecule has 0 radical (unpaired) electrons. The van der Waals surface area contributed by atoms with E-state index in [1.54, 1.807) is 24.3 Å². The number of hydrogen-bond donors (Lipinski definition) is 2. The molecule has 0 bridgehead atoms. The number of nitrogens with zero attached hydrogens (tertiary/aromatic N) is 2. The Morgan fingerprint density at radius 3 is 2.44 bits per heavy atom. The number of halogens is 2. The molecular formula is C18H16ClFN4O3. The van der Waals surface area contributed by atoms with Gasteiger partial charge in [-0.25, -0.2) is 4.39 Å². The summed E-state index contributed by atoms with van der Waals surface area (Å²) in [5.74, 6) is 0.665. The van der Waals surface area contributed by atoms with E-state index >= 15 is 0 Å². The maximum absolute atomic E-state index is 13.0. The van der Waals surface area contributed by atoms with Crippen LogP contribution in [0.3, 0.4) is 0 Å². The van der Waals surface area contributed by atoms with Gasteiger partial charge in [-0.2, -0.15) is 0 Å². The maximum atomic E-state index is 13.0. The summed E-state index contributed by atoms with van der Waals surface area (Å²) in [7, 11) is 2.98. The predicted molar refractivity (Wildman–Crippen MR) is 99.7 cm³/mol. The average molecular weight is 391 g/mol. The summed E-state index contributed by atoms with van der Waals surface area (Å²) in [6, 6.07) is 9.03. The zero-order valence-corrected chi connectivity index (χ0v) is 15.3. The smallest absolute Gasteiger partial charge is 0.274 e. The highest BCUT2D eigenvalue weighted by molar-refractivity contribution is 6.32. The van der Waals surface area contributed by atoms with Crippen LogP contribution in [0.5, 0.6) is 11.5 Å². The van der Waals surface area contributed by atoms with E-state index < -0.39 is 5.56 Å². The molecule has 0 spiro atoms. The molecule has 1 aromatic heterocycles. The van der Waals surface area contributed by atoms with E-state index in [9.17, 15) is 9.18 Å². The summed E-state index contributed by atoms with van der Waals surface area (Å²) in [5.41, 5.74) is 1.06. The third-order valence-corrected chi connectivity index (χ3v) is 4.07. The highest BCUT2D eigenvalue weighted by Crippen LogP contribution is 2.36. The average Bonchev–Trinajstić information content (AvgIpc) is 2.66. The van der Waals surface area contributed by atoms with Crippen molar-refractivity contribution in [2.24, 2.45) is 0 Å². The molecule has 9 heteroatoms. The molecule has 0 saturated carbocycles. The fourth-order valence-electron chi connectivity index (χ4n) is 2.41. The predicted octanol–water partition coefficient (Wildman–Crippen LogP) is 3.31. The lowest BCUT2D eigenvalue weighted by Crippen LogP contribution is -2.19. The first-order chi connectivity index (χ1) is 13.0. The molecule has 0 aliphatic heterocycles. The second-order valence-electron chi connectivity index (χ2n) is 5.56. The minimum atomic E-state index is -0.406. The number of aromatic amines is 1. The molecule has 0 atom stereocenters. The van der Waals surface area contributed by atoms with Crippen molar-refractivity contribution in [3.05, 3.63) is 68.8 Å². The highest BCUT2D eigenvalue weighted by Gasteiger charge is 2.12. The topological polar surface area (TPSA) is 89.1 Å². The number of aromatic nitrogens is 3. The van der Waals surface area contributed by atoms with E-state index in [0.717, 1.165) is 5.56 Å². The molecule has 2 N–H and O–H groups in total. The van der Waals surface area contributed by atoms with Gasteiger partial charge in [-0.1, -0.05) is 23.7 Å². The molecule has 27 heavy (non-hydrogen) atoms. The standard InChI is InChI=1S/C18H16ClFN4O3/c1-26-15-9-13(16(27-2)8-12(15)19)21-18-22-17(25)14(23-24-18)7-10-3-5-11(20)6-4-10/h3-6,8-9H,7H2,1-2H3,(H2,21,22,24,25). The van der Waals surface area contributed by atoms with Crippen LogP contribution in [0.25, 0.3) is 0 Å². The van der Waals surface area contributed by atoms with E-state index in [1.807, 2.05) is 0 Å².